The number of imidazole rings is 1. The average molecular weight is 528 g/mol. The first-order chi connectivity index (χ1) is 14.1. The number of anilines is 1. The maximum atomic E-state index is 11.9. The Bertz CT molecular complexity index is 1140. The molecule has 1 saturated heterocycles. The molecule has 6 atom stereocenters. The zero-order valence-corrected chi connectivity index (χ0v) is 18.0. The number of aliphatic hydroxyl groups is 2. The summed E-state index contributed by atoms with van der Waals surface area (Å²) in [5.41, 5.74) is 5.49. The van der Waals surface area contributed by atoms with Crippen LogP contribution in [0.15, 0.2) is 6.33 Å². The summed E-state index contributed by atoms with van der Waals surface area (Å²) in [7, 11) is -17.0. The molecule has 1 aliphatic rings. The third kappa shape index (κ3) is 5.65. The van der Waals surface area contributed by atoms with E-state index in [2.05, 4.69) is 28.1 Å². The molecule has 0 radical (unpaired) electrons. The van der Waals surface area contributed by atoms with Gasteiger partial charge in [0.2, 0.25) is 5.95 Å². The lowest BCUT2D eigenvalue weighted by Crippen LogP contribution is -2.32. The molecule has 174 valence electrons. The first-order valence-electron chi connectivity index (χ1n) is 7.58. The van der Waals surface area contributed by atoms with E-state index in [0.717, 1.165) is 10.9 Å². The lowest BCUT2D eigenvalue weighted by Gasteiger charge is -2.20. The minimum Gasteiger partial charge on any atom is -0.385 e. The van der Waals surface area contributed by atoms with Crippen molar-refractivity contribution < 1.29 is 61.4 Å². The van der Waals surface area contributed by atoms with E-state index >= 15 is 0 Å². The quantitative estimate of drug-likeness (QED) is 0.167. The van der Waals surface area contributed by atoms with Gasteiger partial charge in [0.25, 0.3) is 0 Å². The SMILES string of the molecule is Nc1nc(Cl)c2ncn(C3OC(OP(=O)(O)OP(=O)(O)OP(=O)(O)O)C(O)C3O)c2n1. The molecule has 1 fully saturated rings. The number of hydrogen-bond donors (Lipinski definition) is 7. The van der Waals surface area contributed by atoms with Crippen molar-refractivity contribution in [3.63, 3.8) is 0 Å². The summed E-state index contributed by atoms with van der Waals surface area (Å²) < 4.78 is 51.6. The largest absolute Gasteiger partial charge is 0.490 e. The number of aromatic nitrogens is 4. The highest BCUT2D eigenvalue weighted by molar-refractivity contribution is 7.66. The number of hydrogen-bond acceptors (Lipinski definition) is 13. The number of fused-ring (bicyclic) bond motifs is 1. The predicted octanol–water partition coefficient (Wildman–Crippen LogP) is -1.02. The second kappa shape index (κ2) is 8.37. The fourth-order valence-corrected chi connectivity index (χ4v) is 5.78. The van der Waals surface area contributed by atoms with Crippen molar-refractivity contribution in [3.05, 3.63) is 11.5 Å². The molecule has 18 nitrogen and oxygen atoms in total. The molecular weight excluding hydrogens is 514 g/mol. The van der Waals surface area contributed by atoms with Crippen LogP contribution in [0, 0.1) is 0 Å². The molecule has 0 saturated carbocycles. The van der Waals surface area contributed by atoms with Gasteiger partial charge in [-0.1, -0.05) is 11.6 Å². The van der Waals surface area contributed by atoms with Crippen LogP contribution in [0.3, 0.4) is 0 Å². The number of nitrogens with zero attached hydrogens (tertiary/aromatic N) is 4. The molecule has 31 heavy (non-hydrogen) atoms. The van der Waals surface area contributed by atoms with Gasteiger partial charge in [-0.05, 0) is 0 Å². The third-order valence-corrected chi connectivity index (χ3v) is 7.58. The number of aliphatic hydroxyl groups excluding tert-OH is 2. The second-order valence-electron chi connectivity index (χ2n) is 5.77. The third-order valence-electron chi connectivity index (χ3n) is 3.52. The molecule has 2 aromatic heterocycles. The number of nitrogens with two attached hydrogens (primary N) is 1. The zero-order chi connectivity index (χ0) is 23.4. The Labute approximate surface area is 175 Å². The molecule has 0 amide bonds. The van der Waals surface area contributed by atoms with Gasteiger partial charge in [-0.25, -0.2) is 18.7 Å². The van der Waals surface area contributed by atoms with Gasteiger partial charge in [-0.2, -0.15) is 18.6 Å². The predicted molar refractivity (Wildman–Crippen MR) is 95.6 cm³/mol. The van der Waals surface area contributed by atoms with Crippen LogP contribution in [-0.2, 0) is 31.6 Å². The van der Waals surface area contributed by atoms with E-state index in [9.17, 15) is 28.8 Å². The van der Waals surface area contributed by atoms with E-state index in [-0.39, 0.29) is 22.3 Å². The van der Waals surface area contributed by atoms with Gasteiger partial charge < -0.3 is 40.3 Å². The van der Waals surface area contributed by atoms with Crippen LogP contribution in [-0.4, -0.2) is 67.8 Å². The summed E-state index contributed by atoms with van der Waals surface area (Å²) in [6, 6.07) is 0. The van der Waals surface area contributed by atoms with Crippen LogP contribution in [0.2, 0.25) is 5.15 Å². The van der Waals surface area contributed by atoms with Gasteiger partial charge in [0.1, 0.15) is 17.7 Å². The molecule has 6 unspecified atom stereocenters. The minimum atomic E-state index is -5.80. The summed E-state index contributed by atoms with van der Waals surface area (Å²) in [6.45, 7) is 0. The Hall–Kier alpha value is -1.07. The fraction of sp³-hybridized carbons (Fsp3) is 0.444. The number of rotatable bonds is 7. The van der Waals surface area contributed by atoms with Gasteiger partial charge in [0.15, 0.2) is 23.3 Å². The van der Waals surface area contributed by atoms with E-state index in [4.69, 9.17) is 36.8 Å². The smallest absolute Gasteiger partial charge is 0.385 e. The summed E-state index contributed by atoms with van der Waals surface area (Å²) in [5, 5.41) is 20.1. The van der Waals surface area contributed by atoms with Crippen molar-refractivity contribution in [1.29, 1.82) is 0 Å². The fourth-order valence-electron chi connectivity index (χ4n) is 2.46. The van der Waals surface area contributed by atoms with Crippen molar-refractivity contribution in [2.75, 3.05) is 5.73 Å². The Kier molecular flexibility index (Phi) is 6.63. The highest BCUT2D eigenvalue weighted by Gasteiger charge is 2.50. The molecule has 0 bridgehead atoms. The van der Waals surface area contributed by atoms with E-state index in [1.54, 1.807) is 0 Å². The van der Waals surface area contributed by atoms with Crippen LogP contribution in [0.25, 0.3) is 11.2 Å². The van der Waals surface area contributed by atoms with Crippen LogP contribution in [0.4, 0.5) is 5.95 Å². The van der Waals surface area contributed by atoms with Gasteiger partial charge in [0.05, 0.1) is 6.33 Å². The lowest BCUT2D eigenvalue weighted by molar-refractivity contribution is -0.133. The molecule has 3 heterocycles. The van der Waals surface area contributed by atoms with Crippen molar-refractivity contribution in [2.24, 2.45) is 0 Å². The van der Waals surface area contributed by atoms with Crippen molar-refractivity contribution in [1.82, 2.24) is 19.5 Å². The molecule has 2 aromatic rings. The summed E-state index contributed by atoms with van der Waals surface area (Å²) >= 11 is 5.88. The molecule has 0 aromatic carbocycles. The number of phosphoric acid groups is 3. The van der Waals surface area contributed by atoms with Gasteiger partial charge in [-0.3, -0.25) is 9.09 Å². The second-order valence-corrected chi connectivity index (χ2v) is 10.5. The lowest BCUT2D eigenvalue weighted by atomic mass is 10.2. The molecule has 0 spiro atoms. The van der Waals surface area contributed by atoms with E-state index < -0.39 is 48.2 Å². The first kappa shape index (κ1) is 24.6. The van der Waals surface area contributed by atoms with Gasteiger partial charge in [-0.15, -0.1) is 0 Å². The van der Waals surface area contributed by atoms with Crippen LogP contribution in [0.1, 0.15) is 6.23 Å². The summed E-state index contributed by atoms with van der Waals surface area (Å²) in [6.07, 6.45) is -6.47. The minimum absolute atomic E-state index is 0.0393. The van der Waals surface area contributed by atoms with Crippen molar-refractivity contribution in [2.45, 2.75) is 24.7 Å². The number of halogens is 1. The Balaban J connectivity index is 1.81. The first-order valence-corrected chi connectivity index (χ1v) is 12.5. The number of nitrogen functional groups attached to an aromatic ring is 1. The Morgan fingerprint density at radius 3 is 2.32 bits per heavy atom. The molecule has 3 rings (SSSR count). The molecule has 22 heteroatoms. The zero-order valence-electron chi connectivity index (χ0n) is 14.5. The monoisotopic (exact) mass is 527 g/mol. The van der Waals surface area contributed by atoms with Gasteiger partial charge >= 0.3 is 23.5 Å². The van der Waals surface area contributed by atoms with E-state index in [0.29, 0.717) is 0 Å². The number of ether oxygens (including phenoxy) is 1. The highest BCUT2D eigenvalue weighted by atomic mass is 35.5. The Morgan fingerprint density at radius 2 is 1.71 bits per heavy atom. The van der Waals surface area contributed by atoms with E-state index in [1.807, 2.05) is 0 Å². The van der Waals surface area contributed by atoms with Gasteiger partial charge in [0, 0.05) is 0 Å². The van der Waals surface area contributed by atoms with E-state index in [1.165, 1.54) is 0 Å². The highest BCUT2D eigenvalue weighted by Crippen LogP contribution is 2.67. The maximum absolute atomic E-state index is 11.9. The van der Waals surface area contributed by atoms with Crippen LogP contribution < -0.4 is 5.73 Å². The molecule has 1 aliphatic heterocycles. The molecule has 0 aliphatic carbocycles. The van der Waals surface area contributed by atoms with Crippen molar-refractivity contribution >= 4 is 52.2 Å². The van der Waals surface area contributed by atoms with Crippen LogP contribution in [0.5, 0.6) is 0 Å². The summed E-state index contributed by atoms with van der Waals surface area (Å²) in [4.78, 5) is 47.2. The summed E-state index contributed by atoms with van der Waals surface area (Å²) in [5.74, 6) is -0.267. The van der Waals surface area contributed by atoms with Crippen LogP contribution >= 0.6 is 35.1 Å². The Morgan fingerprint density at radius 1 is 1.06 bits per heavy atom. The number of phosphoric ester groups is 1. The topological polar surface area (TPSA) is 279 Å². The molecule has 8 N–H and O–H groups in total. The maximum Gasteiger partial charge on any atom is 0.490 e. The average Bonchev–Trinajstić information content (AvgIpc) is 3.07. The van der Waals surface area contributed by atoms with Crippen molar-refractivity contribution in [3.8, 4) is 0 Å². The normalized spacial score (nSPS) is 28.5. The molecular formula is C9H13ClN5O13P3. The standard InChI is InChI=1S/C9H13ClN5O13P3/c10-5-2-6(14-9(11)13-5)15(1-12-2)7-3(16)4(17)8(25-7)26-30(21,22)28-31(23,24)27-29(18,19)20/h1,3-4,7-8,16-17H,(H,21,22)(H,23,24)(H2,11,13,14)(H2,18,19,20).